The lowest BCUT2D eigenvalue weighted by atomic mass is 10.00. The maximum Gasteiger partial charge on any atom is 0.308 e. The van der Waals surface area contributed by atoms with Crippen molar-refractivity contribution in [3.8, 4) is 0 Å². The molecule has 0 radical (unpaired) electrons. The summed E-state index contributed by atoms with van der Waals surface area (Å²) >= 11 is 0. The molecule has 0 saturated carbocycles. The van der Waals surface area contributed by atoms with E-state index in [4.69, 9.17) is 4.74 Å². The number of carbonyl (C=O) groups is 1. The number of hydrogen-bond donors (Lipinski definition) is 1. The lowest BCUT2D eigenvalue weighted by Gasteiger charge is -2.13. The number of ether oxygens (including phenoxy) is 1. The van der Waals surface area contributed by atoms with Gasteiger partial charge in [0.2, 0.25) is 0 Å². The summed E-state index contributed by atoms with van der Waals surface area (Å²) in [5, 5.41) is 3.50. The van der Waals surface area contributed by atoms with E-state index in [1.165, 1.54) is 57.8 Å². The van der Waals surface area contributed by atoms with Gasteiger partial charge >= 0.3 is 5.97 Å². The zero-order chi connectivity index (χ0) is 20.9. The van der Waals surface area contributed by atoms with E-state index in [1.807, 2.05) is 0 Å². The van der Waals surface area contributed by atoms with Gasteiger partial charge in [-0.25, -0.2) is 0 Å². The van der Waals surface area contributed by atoms with Crippen LogP contribution in [-0.2, 0) is 9.53 Å². The van der Waals surface area contributed by atoms with Crippen LogP contribution < -0.4 is 5.32 Å². The third-order valence-corrected chi connectivity index (χ3v) is 5.46. The largest absolute Gasteiger partial charge is 0.465 e. The van der Waals surface area contributed by atoms with Gasteiger partial charge in [0.15, 0.2) is 0 Å². The van der Waals surface area contributed by atoms with Crippen LogP contribution in [0.4, 0.5) is 0 Å². The van der Waals surface area contributed by atoms with Gasteiger partial charge in [0, 0.05) is 13.1 Å². The van der Waals surface area contributed by atoms with Crippen molar-refractivity contribution in [3.05, 3.63) is 0 Å². The van der Waals surface area contributed by atoms with Crippen molar-refractivity contribution in [2.45, 2.75) is 104 Å². The topological polar surface area (TPSA) is 41.6 Å². The predicted molar refractivity (Wildman–Crippen MR) is 122 cm³/mol. The van der Waals surface area contributed by atoms with E-state index in [9.17, 15) is 4.79 Å². The highest BCUT2D eigenvalue weighted by Crippen LogP contribution is 2.15. The number of likely N-dealkylation sites (N-methyl/N-ethyl adjacent to an activating group) is 1. The van der Waals surface area contributed by atoms with Crippen molar-refractivity contribution >= 4 is 5.97 Å². The van der Waals surface area contributed by atoms with Crippen molar-refractivity contribution in [2.24, 2.45) is 5.92 Å². The molecule has 0 aromatic carbocycles. The van der Waals surface area contributed by atoms with Crippen molar-refractivity contribution in [3.63, 3.8) is 0 Å². The maximum atomic E-state index is 12.0. The van der Waals surface area contributed by atoms with Crippen LogP contribution in [0, 0.1) is 5.92 Å². The smallest absolute Gasteiger partial charge is 0.308 e. The summed E-state index contributed by atoms with van der Waals surface area (Å²) in [6, 6.07) is 0. The van der Waals surface area contributed by atoms with Gasteiger partial charge in [-0.05, 0) is 46.3 Å². The Morgan fingerprint density at radius 1 is 0.821 bits per heavy atom. The van der Waals surface area contributed by atoms with Gasteiger partial charge in [0.25, 0.3) is 0 Å². The Labute approximate surface area is 176 Å². The van der Waals surface area contributed by atoms with Crippen LogP contribution in [0.15, 0.2) is 0 Å². The molecule has 0 heterocycles. The molecular formula is C24H50N2O2. The standard InChI is InChI=1S/C24H50N2O2/c1-5-7-18-23(6-2)24(27)28-22-17-15-13-11-9-8-10-12-14-16-19-25-20-21-26(3)4/h23,25H,5-22H2,1-4H3. The first-order valence-electron chi connectivity index (χ1n) is 12.1. The highest BCUT2D eigenvalue weighted by atomic mass is 16.5. The number of esters is 1. The Morgan fingerprint density at radius 3 is 1.93 bits per heavy atom. The summed E-state index contributed by atoms with van der Waals surface area (Å²) in [5.41, 5.74) is 0. The number of rotatable bonds is 21. The second kappa shape index (κ2) is 21.1. The molecule has 1 N–H and O–H groups in total. The average Bonchev–Trinajstić information content (AvgIpc) is 2.68. The van der Waals surface area contributed by atoms with Crippen LogP contribution >= 0.6 is 0 Å². The molecular weight excluding hydrogens is 348 g/mol. The fraction of sp³-hybridized carbons (Fsp3) is 0.958. The maximum absolute atomic E-state index is 12.0. The van der Waals surface area contributed by atoms with E-state index in [-0.39, 0.29) is 11.9 Å². The zero-order valence-corrected chi connectivity index (χ0v) is 19.6. The highest BCUT2D eigenvalue weighted by Gasteiger charge is 2.16. The first kappa shape index (κ1) is 27.4. The number of unbranched alkanes of at least 4 members (excludes halogenated alkanes) is 10. The molecule has 0 aliphatic carbocycles. The number of carbonyl (C=O) groups excluding carboxylic acids is 1. The van der Waals surface area contributed by atoms with Crippen LogP contribution in [0.3, 0.4) is 0 Å². The Morgan fingerprint density at radius 2 is 1.39 bits per heavy atom. The molecule has 0 saturated heterocycles. The van der Waals surface area contributed by atoms with Crippen LogP contribution in [0.1, 0.15) is 104 Å². The Balaban J connectivity index is 3.26. The molecule has 1 atom stereocenters. The predicted octanol–water partition coefficient (Wildman–Crippen LogP) is 5.80. The van der Waals surface area contributed by atoms with E-state index in [1.54, 1.807) is 0 Å². The highest BCUT2D eigenvalue weighted by molar-refractivity contribution is 5.72. The Hall–Kier alpha value is -0.610. The van der Waals surface area contributed by atoms with Crippen LogP contribution in [-0.4, -0.2) is 51.2 Å². The van der Waals surface area contributed by atoms with E-state index in [0.29, 0.717) is 6.61 Å². The second-order valence-corrected chi connectivity index (χ2v) is 8.50. The minimum Gasteiger partial charge on any atom is -0.465 e. The molecule has 0 rings (SSSR count). The number of hydrogen-bond acceptors (Lipinski definition) is 4. The molecule has 168 valence electrons. The summed E-state index contributed by atoms with van der Waals surface area (Å²) in [7, 11) is 4.24. The molecule has 0 aliphatic heterocycles. The molecule has 0 amide bonds. The van der Waals surface area contributed by atoms with Gasteiger partial charge < -0.3 is 15.0 Å². The summed E-state index contributed by atoms with van der Waals surface area (Å²) in [6.45, 7) is 8.26. The van der Waals surface area contributed by atoms with Crippen molar-refractivity contribution < 1.29 is 9.53 Å². The SMILES string of the molecule is CCCCC(CC)C(=O)OCCCCCCCCCCCCNCCN(C)C. The summed E-state index contributed by atoms with van der Waals surface area (Å²) < 4.78 is 5.46. The van der Waals surface area contributed by atoms with Gasteiger partial charge in [-0.15, -0.1) is 0 Å². The van der Waals surface area contributed by atoms with Crippen LogP contribution in [0.2, 0.25) is 0 Å². The molecule has 1 unspecified atom stereocenters. The summed E-state index contributed by atoms with van der Waals surface area (Å²) in [5.74, 6) is 0.151. The zero-order valence-electron chi connectivity index (χ0n) is 19.6. The first-order valence-corrected chi connectivity index (χ1v) is 12.1. The van der Waals surface area contributed by atoms with Crippen molar-refractivity contribution in [1.29, 1.82) is 0 Å². The third kappa shape index (κ3) is 18.7. The van der Waals surface area contributed by atoms with Crippen LogP contribution in [0.25, 0.3) is 0 Å². The fourth-order valence-electron chi connectivity index (χ4n) is 3.42. The minimum atomic E-state index is 0.0313. The molecule has 0 aromatic heterocycles. The van der Waals surface area contributed by atoms with Gasteiger partial charge in [0.1, 0.15) is 0 Å². The number of nitrogens with one attached hydrogen (secondary N) is 1. The molecule has 0 aliphatic rings. The molecule has 0 aromatic rings. The van der Waals surface area contributed by atoms with E-state index >= 15 is 0 Å². The Bertz CT molecular complexity index is 335. The molecule has 0 spiro atoms. The summed E-state index contributed by atoms with van der Waals surface area (Å²) in [6.07, 6.45) is 17.1. The lowest BCUT2D eigenvalue weighted by molar-refractivity contribution is -0.149. The van der Waals surface area contributed by atoms with Gasteiger partial charge in [-0.3, -0.25) is 4.79 Å². The molecule has 4 nitrogen and oxygen atoms in total. The van der Waals surface area contributed by atoms with E-state index in [0.717, 1.165) is 51.7 Å². The third-order valence-electron chi connectivity index (χ3n) is 5.46. The fourth-order valence-corrected chi connectivity index (χ4v) is 3.42. The van der Waals surface area contributed by atoms with E-state index in [2.05, 4.69) is 38.2 Å². The first-order chi connectivity index (χ1) is 13.6. The van der Waals surface area contributed by atoms with Gasteiger partial charge in [0.05, 0.1) is 12.5 Å². The molecule has 0 fully saturated rings. The van der Waals surface area contributed by atoms with E-state index < -0.39 is 0 Å². The monoisotopic (exact) mass is 398 g/mol. The lowest BCUT2D eigenvalue weighted by Crippen LogP contribution is -2.27. The van der Waals surface area contributed by atoms with Gasteiger partial charge in [-0.2, -0.15) is 0 Å². The average molecular weight is 399 g/mol. The normalized spacial score (nSPS) is 12.5. The Kier molecular flexibility index (Phi) is 20.6. The number of nitrogens with zero attached hydrogens (tertiary/aromatic N) is 1. The van der Waals surface area contributed by atoms with Gasteiger partial charge in [-0.1, -0.05) is 78.1 Å². The minimum absolute atomic E-state index is 0.0313. The van der Waals surface area contributed by atoms with Crippen molar-refractivity contribution in [1.82, 2.24) is 10.2 Å². The second-order valence-electron chi connectivity index (χ2n) is 8.50. The molecule has 28 heavy (non-hydrogen) atoms. The quantitative estimate of drug-likeness (QED) is 0.196. The van der Waals surface area contributed by atoms with Crippen molar-refractivity contribution in [2.75, 3.05) is 40.3 Å². The molecule has 4 heteroatoms. The van der Waals surface area contributed by atoms with Crippen LogP contribution in [0.5, 0.6) is 0 Å². The molecule has 0 bridgehead atoms. The summed E-state index contributed by atoms with van der Waals surface area (Å²) in [4.78, 5) is 14.2.